The minimum atomic E-state index is -0.638. The molecule has 0 fully saturated rings. The molecular formula is C36H48IN3O4. The van der Waals surface area contributed by atoms with Crippen LogP contribution < -0.4 is 15.5 Å². The molecule has 1 aliphatic heterocycles. The number of para-hydroxylation sites is 2. The van der Waals surface area contributed by atoms with Crippen LogP contribution in [0.3, 0.4) is 0 Å². The number of ketones is 1. The van der Waals surface area contributed by atoms with Crippen LogP contribution in [0.25, 0.3) is 0 Å². The highest BCUT2D eigenvalue weighted by Crippen LogP contribution is 2.48. The summed E-state index contributed by atoms with van der Waals surface area (Å²) in [6.07, 6.45) is 5.04. The third kappa shape index (κ3) is 7.41. The summed E-state index contributed by atoms with van der Waals surface area (Å²) in [7, 11) is 0. The molecule has 0 spiro atoms. The molecule has 4 rings (SSSR count). The number of carbonyl (C=O) groups is 1. The van der Waals surface area contributed by atoms with Crippen LogP contribution in [0.1, 0.15) is 65.5 Å². The van der Waals surface area contributed by atoms with E-state index in [9.17, 15) is 9.90 Å². The van der Waals surface area contributed by atoms with Crippen molar-refractivity contribution in [3.63, 3.8) is 0 Å². The topological polar surface area (TPSA) is 83.1 Å². The summed E-state index contributed by atoms with van der Waals surface area (Å²) >= 11 is 1.77. The maximum absolute atomic E-state index is 13.8. The zero-order chi connectivity index (χ0) is 31.9. The Bertz CT molecular complexity index is 1410. The van der Waals surface area contributed by atoms with Gasteiger partial charge in [0.25, 0.3) is 0 Å². The third-order valence-corrected chi connectivity index (χ3v) is 8.96. The molecule has 0 aromatic heterocycles. The van der Waals surface area contributed by atoms with Crippen molar-refractivity contribution in [1.82, 2.24) is 5.32 Å². The van der Waals surface area contributed by atoms with Crippen LogP contribution in [0, 0.1) is 0 Å². The number of rotatable bonds is 16. The van der Waals surface area contributed by atoms with Gasteiger partial charge in [0.05, 0.1) is 18.9 Å². The monoisotopic (exact) mass is 713 g/mol. The molecule has 0 bridgehead atoms. The zero-order valence-corrected chi connectivity index (χ0v) is 29.2. The van der Waals surface area contributed by atoms with Crippen molar-refractivity contribution in [2.75, 3.05) is 49.7 Å². The highest BCUT2D eigenvalue weighted by atomic mass is 127. The number of aliphatic hydroxyl groups is 1. The van der Waals surface area contributed by atoms with Gasteiger partial charge < -0.3 is 28.4 Å². The molecule has 1 atom stereocenters. The molecule has 8 heteroatoms. The zero-order valence-electron chi connectivity index (χ0n) is 27.0. The number of carbonyl (C=O) groups excluding carboxylic acids is 1. The minimum Gasteiger partial charge on any atom is -0.388 e. The van der Waals surface area contributed by atoms with E-state index in [-0.39, 0.29) is 29.8 Å². The smallest absolute Gasteiger partial charge is 0.196 e. The van der Waals surface area contributed by atoms with Gasteiger partial charge in [0.15, 0.2) is 5.78 Å². The summed E-state index contributed by atoms with van der Waals surface area (Å²) in [6, 6.07) is 16.9. The lowest BCUT2D eigenvalue weighted by atomic mass is 9.76. The van der Waals surface area contributed by atoms with Crippen LogP contribution in [0.2, 0.25) is 0 Å². The normalized spacial score (nSPS) is 18.5. The first-order valence-electron chi connectivity index (χ1n) is 15.7. The summed E-state index contributed by atoms with van der Waals surface area (Å²) in [5.74, 6) is 0.0803. The molecule has 3 N–H and O–H groups in total. The van der Waals surface area contributed by atoms with Gasteiger partial charge in [0.2, 0.25) is 0 Å². The van der Waals surface area contributed by atoms with Crippen LogP contribution in [0.5, 0.6) is 0 Å². The standard InChI is InChI=1S/C36H48IN3O4/c1-7-38-30-16-11-9-14-28(30)35(3,4)19-18-26-33(39-20-13-21-43-23-25(41)24-44-37)27(34(26)42)22-32-36(5,6)29-15-10-12-17-31(29)40(32)8-2/h9-12,14-18,22,25,38-39,41H,7-8,13,19-21,23-24H2,1-6H3/b26-18-,32-22+. The van der Waals surface area contributed by atoms with E-state index in [1.54, 1.807) is 23.0 Å². The molecule has 44 heavy (non-hydrogen) atoms. The lowest BCUT2D eigenvalue weighted by Gasteiger charge is -2.32. The molecule has 2 aromatic carbocycles. The summed E-state index contributed by atoms with van der Waals surface area (Å²) in [5.41, 5.74) is 7.98. The maximum Gasteiger partial charge on any atom is 0.196 e. The van der Waals surface area contributed by atoms with Crippen LogP contribution in [-0.2, 0) is 23.4 Å². The van der Waals surface area contributed by atoms with Crippen molar-refractivity contribution >= 4 is 40.2 Å². The Hall–Kier alpha value is -2.66. The predicted octanol–water partition coefficient (Wildman–Crippen LogP) is 6.97. The fourth-order valence-electron chi connectivity index (χ4n) is 6.17. The number of anilines is 2. The average Bonchev–Trinajstić information content (AvgIpc) is 3.22. The van der Waals surface area contributed by atoms with Crippen LogP contribution in [0.4, 0.5) is 11.4 Å². The van der Waals surface area contributed by atoms with Crippen molar-refractivity contribution < 1.29 is 17.7 Å². The molecule has 1 heterocycles. The summed E-state index contributed by atoms with van der Waals surface area (Å²) in [4.78, 5) is 16.2. The van der Waals surface area contributed by atoms with Gasteiger partial charge in [-0.1, -0.05) is 70.2 Å². The Labute approximate surface area is 277 Å². The van der Waals surface area contributed by atoms with Crippen LogP contribution in [-0.4, -0.2) is 56.4 Å². The van der Waals surface area contributed by atoms with Gasteiger partial charge in [0.1, 0.15) is 29.1 Å². The minimum absolute atomic E-state index is 0.0803. The number of Topliss-reactive ketones (excluding diaryl/α,β-unsaturated/α-hetero) is 1. The second-order valence-corrected chi connectivity index (χ2v) is 13.2. The molecule has 0 radical (unpaired) electrons. The van der Waals surface area contributed by atoms with E-state index >= 15 is 0 Å². The van der Waals surface area contributed by atoms with Gasteiger partial charge in [-0.15, -0.1) is 0 Å². The van der Waals surface area contributed by atoms with Crippen molar-refractivity contribution in [3.05, 3.63) is 94.4 Å². The van der Waals surface area contributed by atoms with E-state index in [0.717, 1.165) is 54.2 Å². The number of allylic oxidation sites excluding steroid dienone is 5. The molecule has 7 nitrogen and oxygen atoms in total. The first-order valence-corrected chi connectivity index (χ1v) is 16.6. The van der Waals surface area contributed by atoms with E-state index in [4.69, 9.17) is 7.80 Å². The molecule has 0 saturated heterocycles. The SMILES string of the molecule is CCNc1ccccc1C(C)(C)C/C=C1\C(=O)C(/C=C2/N(CC)c3ccccc3C2(C)C)=C1NCCCOCC(O)COI. The van der Waals surface area contributed by atoms with Gasteiger partial charge >= 0.3 is 0 Å². The van der Waals surface area contributed by atoms with Crippen molar-refractivity contribution in [3.8, 4) is 0 Å². The first kappa shape index (κ1) is 34.2. The number of likely N-dealkylation sites (N-methyl/N-ethyl adjacent to an activating group) is 1. The fourth-order valence-corrected chi connectivity index (χ4v) is 6.58. The van der Waals surface area contributed by atoms with Gasteiger partial charge in [-0.05, 0) is 61.4 Å². The van der Waals surface area contributed by atoms with Crippen molar-refractivity contribution in [2.24, 2.45) is 0 Å². The summed E-state index contributed by atoms with van der Waals surface area (Å²) in [5, 5.41) is 16.9. The molecule has 0 amide bonds. The highest BCUT2D eigenvalue weighted by Gasteiger charge is 2.41. The van der Waals surface area contributed by atoms with Gasteiger partial charge in [-0.25, -0.2) is 0 Å². The molecule has 2 aliphatic rings. The summed E-state index contributed by atoms with van der Waals surface area (Å²) < 4.78 is 10.6. The Balaban J connectivity index is 1.61. The molecule has 1 aliphatic carbocycles. The Kier molecular flexibility index (Phi) is 11.7. The molecule has 1 unspecified atom stereocenters. The Morgan fingerprint density at radius 1 is 1.07 bits per heavy atom. The van der Waals surface area contributed by atoms with Gasteiger partial charge in [0, 0.05) is 59.9 Å². The maximum atomic E-state index is 13.8. The number of nitrogens with zero attached hydrogens (tertiary/aromatic N) is 1. The number of benzene rings is 2. The number of hydrogen-bond donors (Lipinski definition) is 3. The van der Waals surface area contributed by atoms with Crippen LogP contribution in [0.15, 0.2) is 83.2 Å². The second-order valence-electron chi connectivity index (χ2n) is 12.6. The number of nitrogens with one attached hydrogen (secondary N) is 2. The molecular weight excluding hydrogens is 665 g/mol. The third-order valence-electron chi connectivity index (χ3n) is 8.60. The average molecular weight is 714 g/mol. The number of fused-ring (bicyclic) bond motifs is 1. The lowest BCUT2D eigenvalue weighted by molar-refractivity contribution is -0.113. The van der Waals surface area contributed by atoms with E-state index in [1.165, 1.54) is 16.8 Å². The predicted molar refractivity (Wildman–Crippen MR) is 188 cm³/mol. The van der Waals surface area contributed by atoms with E-state index < -0.39 is 6.10 Å². The van der Waals surface area contributed by atoms with Gasteiger partial charge in [-0.2, -0.15) is 0 Å². The summed E-state index contributed by atoms with van der Waals surface area (Å²) in [6.45, 7) is 16.5. The highest BCUT2D eigenvalue weighted by molar-refractivity contribution is 14.1. The lowest BCUT2D eigenvalue weighted by Crippen LogP contribution is -2.34. The molecule has 238 valence electrons. The molecule has 0 saturated carbocycles. The second kappa shape index (κ2) is 15.1. The van der Waals surface area contributed by atoms with Gasteiger partial charge in [-0.3, -0.25) is 4.79 Å². The van der Waals surface area contributed by atoms with Crippen molar-refractivity contribution in [2.45, 2.75) is 71.3 Å². The van der Waals surface area contributed by atoms with E-state index in [0.29, 0.717) is 13.2 Å². The number of aliphatic hydroxyl groups excluding tert-OH is 1. The number of halogens is 1. The fraction of sp³-hybridized carbons (Fsp3) is 0.472. The van der Waals surface area contributed by atoms with E-state index in [1.807, 2.05) is 0 Å². The van der Waals surface area contributed by atoms with Crippen LogP contribution >= 0.6 is 23.0 Å². The number of hydrogen-bond acceptors (Lipinski definition) is 7. The Morgan fingerprint density at radius 3 is 2.52 bits per heavy atom. The molecule has 2 aromatic rings. The Morgan fingerprint density at radius 2 is 1.80 bits per heavy atom. The largest absolute Gasteiger partial charge is 0.388 e. The quantitative estimate of drug-likeness (QED) is 0.0985. The van der Waals surface area contributed by atoms with E-state index in [2.05, 4.69) is 118 Å². The number of ether oxygens (including phenoxy) is 1. The first-order chi connectivity index (χ1) is 21.1. The van der Waals surface area contributed by atoms with Crippen molar-refractivity contribution in [1.29, 1.82) is 0 Å².